The molecule has 1 N–H and O–H groups in total. The Bertz CT molecular complexity index is 1040. The van der Waals surface area contributed by atoms with Crippen molar-refractivity contribution in [2.45, 2.75) is 58.6 Å². The molecule has 1 unspecified atom stereocenters. The van der Waals surface area contributed by atoms with Gasteiger partial charge < -0.3 is 10.1 Å². The van der Waals surface area contributed by atoms with Crippen molar-refractivity contribution < 1.29 is 14.3 Å². The van der Waals surface area contributed by atoms with Crippen LogP contribution in [0.2, 0.25) is 0 Å². The second-order valence-corrected chi connectivity index (χ2v) is 11.2. The van der Waals surface area contributed by atoms with Crippen molar-refractivity contribution in [2.75, 3.05) is 19.6 Å². The third-order valence-electron chi connectivity index (χ3n) is 7.69. The van der Waals surface area contributed by atoms with E-state index in [9.17, 15) is 9.59 Å². The quantitative estimate of drug-likeness (QED) is 0.627. The van der Waals surface area contributed by atoms with Crippen molar-refractivity contribution in [1.82, 2.24) is 10.2 Å². The second kappa shape index (κ2) is 8.31. The molecular weight excluding hydrogens is 420 g/mol. The van der Waals surface area contributed by atoms with E-state index in [1.54, 1.807) is 6.92 Å². The average Bonchev–Trinajstić information content (AvgIpc) is 3.27. The van der Waals surface area contributed by atoms with Crippen LogP contribution in [-0.2, 0) is 11.2 Å². The summed E-state index contributed by atoms with van der Waals surface area (Å²) >= 11 is 1.49. The molecule has 32 heavy (non-hydrogen) atoms. The lowest BCUT2D eigenvalue weighted by Gasteiger charge is -2.44. The van der Waals surface area contributed by atoms with Crippen LogP contribution in [0.3, 0.4) is 0 Å². The van der Waals surface area contributed by atoms with Gasteiger partial charge in [-0.05, 0) is 85.2 Å². The third-order valence-corrected chi connectivity index (χ3v) is 8.70. The van der Waals surface area contributed by atoms with Crippen LogP contribution in [0.15, 0.2) is 29.6 Å². The van der Waals surface area contributed by atoms with Crippen LogP contribution in [0.25, 0.3) is 11.1 Å². The molecule has 1 aromatic carbocycles. The number of hydrogen-bond donors (Lipinski definition) is 1. The van der Waals surface area contributed by atoms with Gasteiger partial charge in [-0.15, -0.1) is 11.3 Å². The molecule has 3 aliphatic heterocycles. The monoisotopic (exact) mass is 452 g/mol. The minimum atomic E-state index is -0.296. The van der Waals surface area contributed by atoms with Gasteiger partial charge in [0.2, 0.25) is 0 Å². The van der Waals surface area contributed by atoms with Crippen molar-refractivity contribution in [3.05, 3.63) is 45.6 Å². The van der Waals surface area contributed by atoms with Crippen molar-refractivity contribution in [1.29, 1.82) is 0 Å². The number of carbonyl (C=O) groups is 2. The van der Waals surface area contributed by atoms with Gasteiger partial charge in [-0.25, -0.2) is 4.79 Å². The molecule has 1 amide bonds. The molecule has 5 nitrogen and oxygen atoms in total. The van der Waals surface area contributed by atoms with E-state index in [0.29, 0.717) is 5.92 Å². The van der Waals surface area contributed by atoms with Crippen molar-refractivity contribution >= 4 is 23.2 Å². The number of hydrogen-bond acceptors (Lipinski definition) is 5. The summed E-state index contributed by atoms with van der Waals surface area (Å²) < 4.78 is 5.93. The normalized spacial score (nSPS) is 28.1. The molecular formula is C26H32N2O3S. The first kappa shape index (κ1) is 21.7. The minimum Gasteiger partial charge on any atom is -0.445 e. The highest BCUT2D eigenvalue weighted by atomic mass is 32.1. The Morgan fingerprint density at radius 1 is 1.19 bits per heavy atom. The van der Waals surface area contributed by atoms with Gasteiger partial charge in [0.1, 0.15) is 6.10 Å². The molecule has 2 bridgehead atoms. The van der Waals surface area contributed by atoms with Gasteiger partial charge in [0, 0.05) is 12.1 Å². The van der Waals surface area contributed by atoms with Crippen molar-refractivity contribution in [3.8, 4) is 11.1 Å². The van der Waals surface area contributed by atoms with E-state index in [1.807, 2.05) is 11.4 Å². The Morgan fingerprint density at radius 3 is 2.66 bits per heavy atom. The summed E-state index contributed by atoms with van der Waals surface area (Å²) in [6, 6.07) is 8.35. The van der Waals surface area contributed by atoms with Crippen LogP contribution < -0.4 is 5.32 Å². The molecule has 6 heteroatoms. The number of Topliss-reactive ketones (excluding diaryl/α,β-unsaturated/α-hetero) is 1. The molecule has 1 aromatic heterocycles. The van der Waals surface area contributed by atoms with E-state index in [-0.39, 0.29) is 29.4 Å². The van der Waals surface area contributed by atoms with Gasteiger partial charge in [0.25, 0.3) is 0 Å². The molecule has 1 aliphatic carbocycles. The van der Waals surface area contributed by atoms with E-state index in [4.69, 9.17) is 4.74 Å². The van der Waals surface area contributed by atoms with E-state index in [1.165, 1.54) is 16.9 Å². The fraction of sp³-hybridized carbons (Fsp3) is 0.538. The van der Waals surface area contributed by atoms with E-state index in [0.717, 1.165) is 66.9 Å². The zero-order valence-corrected chi connectivity index (χ0v) is 20.0. The fourth-order valence-electron chi connectivity index (χ4n) is 5.71. The first-order chi connectivity index (χ1) is 15.3. The number of rotatable bonds is 4. The summed E-state index contributed by atoms with van der Waals surface area (Å²) in [5.41, 5.74) is 4.42. The summed E-state index contributed by atoms with van der Waals surface area (Å²) in [6.07, 6.45) is 3.91. The summed E-state index contributed by atoms with van der Waals surface area (Å²) in [4.78, 5) is 28.1. The SMILES string of the molecule is CC(=O)c1sccc1-c1ccc2c(c1)CCC(C)(C)C2NC(=O)O[C@@H]1CN2CCC1CC2. The largest absolute Gasteiger partial charge is 0.445 e. The van der Waals surface area contributed by atoms with E-state index < -0.39 is 0 Å². The summed E-state index contributed by atoms with van der Waals surface area (Å²) in [5, 5.41) is 5.20. The molecule has 4 aliphatic rings. The summed E-state index contributed by atoms with van der Waals surface area (Å²) in [7, 11) is 0. The summed E-state index contributed by atoms with van der Waals surface area (Å²) in [6.45, 7) is 9.19. The molecule has 2 atom stereocenters. The first-order valence-electron chi connectivity index (χ1n) is 11.7. The second-order valence-electron chi connectivity index (χ2n) is 10.3. The topological polar surface area (TPSA) is 58.6 Å². The number of benzene rings is 1. The van der Waals surface area contributed by atoms with Crippen LogP contribution >= 0.6 is 11.3 Å². The Hall–Kier alpha value is -2.18. The molecule has 170 valence electrons. The third kappa shape index (κ3) is 3.99. The van der Waals surface area contributed by atoms with Gasteiger partial charge in [0.15, 0.2) is 5.78 Å². The van der Waals surface area contributed by atoms with Gasteiger partial charge in [-0.1, -0.05) is 32.0 Å². The highest BCUT2D eigenvalue weighted by Crippen LogP contribution is 2.45. The molecule has 4 heterocycles. The number of amides is 1. The lowest BCUT2D eigenvalue weighted by Crippen LogP contribution is -2.53. The number of nitrogens with one attached hydrogen (secondary N) is 1. The first-order valence-corrected chi connectivity index (χ1v) is 12.6. The van der Waals surface area contributed by atoms with Crippen molar-refractivity contribution in [3.63, 3.8) is 0 Å². The number of nitrogens with zero attached hydrogens (tertiary/aromatic N) is 1. The lowest BCUT2D eigenvalue weighted by molar-refractivity contribution is -0.0353. The number of aryl methyl sites for hydroxylation is 1. The van der Waals surface area contributed by atoms with Gasteiger partial charge in [-0.2, -0.15) is 0 Å². The van der Waals surface area contributed by atoms with E-state index >= 15 is 0 Å². The zero-order chi connectivity index (χ0) is 22.5. The number of alkyl carbamates (subject to hydrolysis) is 1. The van der Waals surface area contributed by atoms with Gasteiger partial charge in [0.05, 0.1) is 10.9 Å². The number of fused-ring (bicyclic) bond motifs is 4. The van der Waals surface area contributed by atoms with Gasteiger partial charge >= 0.3 is 6.09 Å². The smallest absolute Gasteiger partial charge is 0.407 e. The minimum absolute atomic E-state index is 0.00893. The molecule has 0 spiro atoms. The van der Waals surface area contributed by atoms with E-state index in [2.05, 4.69) is 42.3 Å². The molecule has 6 rings (SSSR count). The molecule has 0 radical (unpaired) electrons. The number of ketones is 1. The Labute approximate surface area is 194 Å². The number of thiophene rings is 1. The van der Waals surface area contributed by atoms with Crippen LogP contribution in [0, 0.1) is 11.3 Å². The van der Waals surface area contributed by atoms with Gasteiger partial charge in [-0.3, -0.25) is 9.69 Å². The zero-order valence-electron chi connectivity index (χ0n) is 19.1. The predicted molar refractivity (Wildman–Crippen MR) is 127 cm³/mol. The maximum atomic E-state index is 12.9. The van der Waals surface area contributed by atoms with Crippen molar-refractivity contribution in [2.24, 2.45) is 11.3 Å². The Morgan fingerprint density at radius 2 is 1.97 bits per heavy atom. The van der Waals surface area contributed by atoms with Crippen LogP contribution in [0.1, 0.15) is 66.9 Å². The number of ether oxygens (including phenoxy) is 1. The highest BCUT2D eigenvalue weighted by molar-refractivity contribution is 7.12. The molecule has 3 saturated heterocycles. The number of carbonyl (C=O) groups excluding carboxylic acids is 2. The predicted octanol–water partition coefficient (Wildman–Crippen LogP) is 5.45. The summed E-state index contributed by atoms with van der Waals surface area (Å²) in [5.74, 6) is 0.602. The molecule has 3 fully saturated rings. The fourth-order valence-corrected chi connectivity index (χ4v) is 6.53. The highest BCUT2D eigenvalue weighted by Gasteiger charge is 2.40. The van der Waals surface area contributed by atoms with Crippen LogP contribution in [0.5, 0.6) is 0 Å². The standard InChI is InChI=1S/C26H32N2O3S/c1-16(29)23-20(9-13-32-23)18-4-5-21-19(14-18)6-10-26(2,3)24(21)27-25(30)31-22-15-28-11-7-17(22)8-12-28/h4-5,9,13-14,17,22,24H,6-8,10-12,15H2,1-3H3,(H,27,30)/t22-,24?/m1/s1. The average molecular weight is 453 g/mol. The number of piperidine rings is 3. The Kier molecular flexibility index (Phi) is 5.62. The lowest BCUT2D eigenvalue weighted by atomic mass is 9.70. The molecule has 0 saturated carbocycles. The van der Waals surface area contributed by atoms with Crippen LogP contribution in [0.4, 0.5) is 4.79 Å². The Balaban J connectivity index is 1.37. The maximum absolute atomic E-state index is 12.9. The molecule has 2 aromatic rings. The maximum Gasteiger partial charge on any atom is 0.407 e. The van der Waals surface area contributed by atoms with Crippen LogP contribution in [-0.4, -0.2) is 42.5 Å².